The van der Waals surface area contributed by atoms with Crippen LogP contribution >= 0.6 is 0 Å². The molecule has 0 bridgehead atoms. The van der Waals surface area contributed by atoms with Gasteiger partial charge in [0.25, 0.3) is 0 Å². The molecule has 4 heavy (non-hydrogen) atoms. The van der Waals surface area contributed by atoms with Gasteiger partial charge in [0, 0.05) is 16.5 Å². The molecule has 0 spiro atoms. The molecule has 4 heteroatoms. The Balaban J connectivity index is 0. The molecule has 0 saturated carbocycles. The van der Waals surface area contributed by atoms with Gasteiger partial charge in [-0.05, 0) is 0 Å². The van der Waals surface area contributed by atoms with Gasteiger partial charge in [-0.15, -0.1) is 0 Å². The third kappa shape index (κ3) is 32.1. The normalized spacial score (nSPS) is 0. The fourth-order valence-electron chi connectivity index (χ4n) is 0. The minimum absolute atomic E-state index is 0. The summed E-state index contributed by atoms with van der Waals surface area (Å²) in [4.78, 5) is 0. The minimum atomic E-state index is 0. The second kappa shape index (κ2) is 136. The first-order valence-electron chi connectivity index (χ1n) is 0. The Morgan fingerprint density at radius 1 is 0.500 bits per heavy atom. The molecule has 34 valence electrons. The van der Waals surface area contributed by atoms with Gasteiger partial charge >= 0.3 is 0 Å². The molecule has 0 aliphatic carbocycles. The van der Waals surface area contributed by atoms with Gasteiger partial charge in [0.1, 0.15) is 0 Å². The van der Waals surface area contributed by atoms with Crippen molar-refractivity contribution in [2.24, 2.45) is 0 Å². The summed E-state index contributed by atoms with van der Waals surface area (Å²) < 4.78 is 0. The van der Waals surface area contributed by atoms with E-state index in [1.54, 1.807) is 0 Å². The van der Waals surface area contributed by atoms with E-state index in [-0.39, 0.29) is 32.9 Å². The van der Waals surface area contributed by atoms with Crippen LogP contribution in [-0.4, -0.2) is 16.4 Å². The van der Waals surface area contributed by atoms with E-state index in [9.17, 15) is 0 Å². The van der Waals surface area contributed by atoms with Crippen LogP contribution in [0.4, 0.5) is 0 Å². The van der Waals surface area contributed by atoms with Gasteiger partial charge < -0.3 is 16.4 Å². The Morgan fingerprint density at radius 2 is 0.500 bits per heavy atom. The van der Waals surface area contributed by atoms with Crippen molar-refractivity contribution < 1.29 is 32.9 Å². The average molecular weight is 113 g/mol. The van der Waals surface area contributed by atoms with Crippen molar-refractivity contribution in [3.63, 3.8) is 0 Å². The van der Waals surface area contributed by atoms with E-state index in [1.807, 2.05) is 0 Å². The molecular formula is H6NiO3. The summed E-state index contributed by atoms with van der Waals surface area (Å²) in [6, 6.07) is 0. The monoisotopic (exact) mass is 112 g/mol. The first kappa shape index (κ1) is 357. The maximum absolute atomic E-state index is 0. The third-order valence-electron chi connectivity index (χ3n) is 0. The zero-order valence-corrected chi connectivity index (χ0v) is 2.80. The molecule has 0 aromatic rings. The zero-order valence-electron chi connectivity index (χ0n) is 1.82. The molecule has 0 heterocycles. The number of rotatable bonds is 0. The van der Waals surface area contributed by atoms with Crippen LogP contribution in [0.2, 0.25) is 0 Å². The van der Waals surface area contributed by atoms with Crippen molar-refractivity contribution in [2.45, 2.75) is 0 Å². The number of hydrogen-bond donors (Lipinski definition) is 0. The van der Waals surface area contributed by atoms with Crippen molar-refractivity contribution in [1.82, 2.24) is 0 Å². The van der Waals surface area contributed by atoms with Gasteiger partial charge in [0.2, 0.25) is 0 Å². The molecule has 0 aliphatic rings. The molecule has 0 atom stereocenters. The SMILES string of the molecule is O.O.O.[Ni]. The van der Waals surface area contributed by atoms with Gasteiger partial charge in [-0.3, -0.25) is 0 Å². The predicted octanol–water partition coefficient (Wildman–Crippen LogP) is -2.48. The summed E-state index contributed by atoms with van der Waals surface area (Å²) in [5.74, 6) is 0. The van der Waals surface area contributed by atoms with Gasteiger partial charge in [-0.2, -0.15) is 0 Å². The van der Waals surface area contributed by atoms with Crippen LogP contribution in [0, 0.1) is 0 Å². The van der Waals surface area contributed by atoms with E-state index in [0.717, 1.165) is 0 Å². The Bertz CT molecular complexity index is 3.25. The summed E-state index contributed by atoms with van der Waals surface area (Å²) in [6.45, 7) is 0. The molecule has 0 fully saturated rings. The molecular weight excluding hydrogens is 107 g/mol. The van der Waals surface area contributed by atoms with Gasteiger partial charge in [-0.1, -0.05) is 0 Å². The van der Waals surface area contributed by atoms with E-state index in [4.69, 9.17) is 0 Å². The first-order valence-corrected chi connectivity index (χ1v) is 0. The molecule has 3 nitrogen and oxygen atoms in total. The molecule has 0 saturated heterocycles. The van der Waals surface area contributed by atoms with Crippen LogP contribution in [0.15, 0.2) is 0 Å². The molecule has 0 radical (unpaired) electrons. The van der Waals surface area contributed by atoms with Crippen LogP contribution in [0.5, 0.6) is 0 Å². The van der Waals surface area contributed by atoms with Crippen molar-refractivity contribution in [3.8, 4) is 0 Å². The van der Waals surface area contributed by atoms with E-state index in [2.05, 4.69) is 0 Å². The maximum atomic E-state index is 0. The van der Waals surface area contributed by atoms with Crippen molar-refractivity contribution in [3.05, 3.63) is 0 Å². The topological polar surface area (TPSA) is 94.5 Å². The van der Waals surface area contributed by atoms with Crippen LogP contribution in [0.3, 0.4) is 0 Å². The van der Waals surface area contributed by atoms with Crippen molar-refractivity contribution in [1.29, 1.82) is 0 Å². The van der Waals surface area contributed by atoms with Crippen LogP contribution in [0.25, 0.3) is 0 Å². The molecule has 0 unspecified atom stereocenters. The zero-order chi connectivity index (χ0) is 0. The molecule has 0 aromatic carbocycles. The molecule has 0 amide bonds. The largest absolute Gasteiger partial charge is 0.412 e. The summed E-state index contributed by atoms with van der Waals surface area (Å²) in [5.41, 5.74) is 0. The predicted molar refractivity (Wildman–Crippen MR) is 10.8 cm³/mol. The molecule has 0 aliphatic heterocycles. The molecule has 6 N–H and O–H groups in total. The van der Waals surface area contributed by atoms with Crippen LogP contribution in [-0.2, 0) is 16.5 Å². The second-order valence-electron chi connectivity index (χ2n) is 0. The van der Waals surface area contributed by atoms with Crippen LogP contribution < -0.4 is 0 Å². The molecule has 0 rings (SSSR count). The van der Waals surface area contributed by atoms with E-state index in [0.29, 0.717) is 0 Å². The Hall–Kier alpha value is 0.374. The quantitative estimate of drug-likeness (QED) is 0.311. The Morgan fingerprint density at radius 3 is 0.500 bits per heavy atom. The smallest absolute Gasteiger partial charge is 0 e. The Labute approximate surface area is 33.9 Å². The summed E-state index contributed by atoms with van der Waals surface area (Å²) >= 11 is 0. The van der Waals surface area contributed by atoms with E-state index in [1.165, 1.54) is 0 Å². The van der Waals surface area contributed by atoms with Crippen LogP contribution in [0.1, 0.15) is 0 Å². The summed E-state index contributed by atoms with van der Waals surface area (Å²) in [5, 5.41) is 0. The van der Waals surface area contributed by atoms with Gasteiger partial charge in [0.15, 0.2) is 0 Å². The summed E-state index contributed by atoms with van der Waals surface area (Å²) in [7, 11) is 0. The molecule has 0 aromatic heterocycles. The van der Waals surface area contributed by atoms with E-state index < -0.39 is 0 Å². The first-order chi connectivity index (χ1) is 0. The summed E-state index contributed by atoms with van der Waals surface area (Å²) in [6.07, 6.45) is 0. The number of hydrogen-bond acceptors (Lipinski definition) is 0. The standard InChI is InChI=1S/Ni.3H2O/h;3*1H2. The maximum Gasteiger partial charge on any atom is 0 e. The van der Waals surface area contributed by atoms with Crippen molar-refractivity contribution >= 4 is 0 Å². The van der Waals surface area contributed by atoms with E-state index >= 15 is 0 Å². The average Bonchev–Trinajstić information content (AvgIpc) is 0. The Kier molecular flexibility index (Phi) is 12200. The second-order valence-corrected chi connectivity index (χ2v) is 0. The fourth-order valence-corrected chi connectivity index (χ4v) is 0. The van der Waals surface area contributed by atoms with Crippen molar-refractivity contribution in [2.75, 3.05) is 0 Å². The third-order valence-corrected chi connectivity index (χ3v) is 0. The fraction of sp³-hybridized carbons (Fsp3) is 0. The minimum Gasteiger partial charge on any atom is -0.412 e. The van der Waals surface area contributed by atoms with Gasteiger partial charge in [-0.25, -0.2) is 0 Å². The van der Waals surface area contributed by atoms with Gasteiger partial charge in [0.05, 0.1) is 0 Å².